The summed E-state index contributed by atoms with van der Waals surface area (Å²) < 4.78 is 35.9. The maximum atomic E-state index is 12.6. The van der Waals surface area contributed by atoms with Gasteiger partial charge in [0, 0.05) is 13.2 Å². The van der Waals surface area contributed by atoms with Gasteiger partial charge in [-0.3, -0.25) is 18.9 Å². The number of methoxy groups -OCH3 is 1. The molecule has 5 unspecified atom stereocenters. The maximum absolute atomic E-state index is 12.6. The smallest absolute Gasteiger partial charge is 0.374 e. The predicted octanol–water partition coefficient (Wildman–Crippen LogP) is 2.53. The Balaban J connectivity index is 1.90. The van der Waals surface area contributed by atoms with E-state index in [-0.39, 0.29) is 11.8 Å². The molecule has 12 heteroatoms. The SMILES string of the molecule is CCCCCCCC(CCC)OC1C(OC)C2OC1[C@H](OP(=O)(O)O)c1cc(=O)[nH]c(=O)n12. The number of phosphoric ester groups is 1. The van der Waals surface area contributed by atoms with E-state index in [4.69, 9.17) is 18.7 Å². The Morgan fingerprint density at radius 3 is 2.48 bits per heavy atom. The van der Waals surface area contributed by atoms with Gasteiger partial charge in [-0.25, -0.2) is 9.36 Å². The van der Waals surface area contributed by atoms with Crippen molar-refractivity contribution in [2.75, 3.05) is 7.11 Å². The molecule has 0 aliphatic carbocycles. The standard InChI is InChI=1S/C21H35N2O9P/c1-4-6-7-8-9-11-13(10-5-2)30-18-17-16(32-33(26,27)28)14-12-15(24)22-21(25)23(14)20(31-17)19(18)29-3/h12-13,16-20H,4-11H2,1-3H3,(H,22,24,25)(H2,26,27,28)/t13?,16-,17?,18?,19?,20?/m1/s1. The minimum atomic E-state index is -4.99. The van der Waals surface area contributed by atoms with Crippen LogP contribution in [0.15, 0.2) is 15.7 Å². The van der Waals surface area contributed by atoms with Gasteiger partial charge < -0.3 is 24.0 Å². The first-order valence-electron chi connectivity index (χ1n) is 11.6. The van der Waals surface area contributed by atoms with E-state index in [0.29, 0.717) is 0 Å². The number of ether oxygens (including phenoxy) is 3. The zero-order chi connectivity index (χ0) is 24.2. The van der Waals surface area contributed by atoms with Crippen molar-refractivity contribution in [3.63, 3.8) is 0 Å². The molecular formula is C21H35N2O9P. The monoisotopic (exact) mass is 490 g/mol. The minimum absolute atomic E-state index is 0.0214. The lowest BCUT2D eigenvalue weighted by Gasteiger charge is -2.33. The summed E-state index contributed by atoms with van der Waals surface area (Å²) in [7, 11) is -3.53. The lowest BCUT2D eigenvalue weighted by Crippen LogP contribution is -2.42. The summed E-state index contributed by atoms with van der Waals surface area (Å²) in [5.74, 6) is 0. The highest BCUT2D eigenvalue weighted by molar-refractivity contribution is 7.46. The van der Waals surface area contributed by atoms with E-state index in [9.17, 15) is 23.9 Å². The summed E-state index contributed by atoms with van der Waals surface area (Å²) in [5.41, 5.74) is -1.45. The first-order valence-corrected chi connectivity index (χ1v) is 13.2. The Morgan fingerprint density at radius 1 is 1.12 bits per heavy atom. The van der Waals surface area contributed by atoms with Gasteiger partial charge in [0.2, 0.25) is 0 Å². The molecule has 3 rings (SSSR count). The van der Waals surface area contributed by atoms with Gasteiger partial charge in [-0.15, -0.1) is 0 Å². The number of fused-ring (bicyclic) bond motifs is 4. The highest BCUT2D eigenvalue weighted by Crippen LogP contribution is 2.51. The van der Waals surface area contributed by atoms with Crippen molar-refractivity contribution in [2.24, 2.45) is 0 Å². The van der Waals surface area contributed by atoms with E-state index >= 15 is 0 Å². The largest absolute Gasteiger partial charge is 0.470 e. The van der Waals surface area contributed by atoms with Crippen LogP contribution in [0.4, 0.5) is 0 Å². The van der Waals surface area contributed by atoms with Crippen LogP contribution in [0.2, 0.25) is 0 Å². The molecule has 0 amide bonds. The van der Waals surface area contributed by atoms with Crippen LogP contribution in [0.1, 0.15) is 83.2 Å². The summed E-state index contributed by atoms with van der Waals surface area (Å²) in [4.78, 5) is 45.7. The minimum Gasteiger partial charge on any atom is -0.374 e. The molecule has 33 heavy (non-hydrogen) atoms. The number of unbranched alkanes of at least 4 members (excludes halogenated alkanes) is 4. The number of aromatic nitrogens is 2. The fraction of sp³-hybridized carbons (Fsp3) is 0.810. The first-order chi connectivity index (χ1) is 15.7. The van der Waals surface area contributed by atoms with E-state index < -0.39 is 49.7 Å². The predicted molar refractivity (Wildman–Crippen MR) is 119 cm³/mol. The van der Waals surface area contributed by atoms with Crippen molar-refractivity contribution >= 4 is 7.82 Å². The third-order valence-electron chi connectivity index (χ3n) is 6.19. The topological polar surface area (TPSA) is 149 Å². The van der Waals surface area contributed by atoms with Crippen molar-refractivity contribution in [2.45, 2.75) is 102 Å². The molecule has 1 aromatic rings. The Bertz CT molecular complexity index is 942. The summed E-state index contributed by atoms with van der Waals surface area (Å²) in [5, 5.41) is 0. The highest BCUT2D eigenvalue weighted by Gasteiger charge is 2.57. The maximum Gasteiger partial charge on any atom is 0.470 e. The van der Waals surface area contributed by atoms with Gasteiger partial charge in [-0.1, -0.05) is 52.4 Å². The van der Waals surface area contributed by atoms with Crippen molar-refractivity contribution in [3.05, 3.63) is 32.6 Å². The average Bonchev–Trinajstić information content (AvgIpc) is 3.03. The number of H-pyrrole nitrogens is 1. The second kappa shape index (κ2) is 11.4. The van der Waals surface area contributed by atoms with E-state index in [0.717, 1.165) is 55.6 Å². The second-order valence-corrected chi connectivity index (χ2v) is 9.85. The molecule has 1 saturated heterocycles. The summed E-state index contributed by atoms with van der Waals surface area (Å²) >= 11 is 0. The van der Waals surface area contributed by atoms with Gasteiger partial charge in [0.25, 0.3) is 5.56 Å². The molecule has 2 bridgehead atoms. The molecule has 0 spiro atoms. The molecule has 11 nitrogen and oxygen atoms in total. The lowest BCUT2D eigenvalue weighted by atomic mass is 10.0. The van der Waals surface area contributed by atoms with Gasteiger partial charge in [0.1, 0.15) is 24.4 Å². The van der Waals surface area contributed by atoms with Crippen molar-refractivity contribution in [1.29, 1.82) is 0 Å². The third-order valence-corrected chi connectivity index (χ3v) is 6.69. The molecule has 0 radical (unpaired) electrons. The Labute approximate surface area is 192 Å². The van der Waals surface area contributed by atoms with Crippen LogP contribution >= 0.6 is 7.82 Å². The Morgan fingerprint density at radius 2 is 1.85 bits per heavy atom. The van der Waals surface area contributed by atoms with Gasteiger partial charge in [-0.2, -0.15) is 0 Å². The second-order valence-electron chi connectivity index (χ2n) is 8.66. The number of phosphoric acid groups is 1. The number of hydrogen-bond donors (Lipinski definition) is 3. The van der Waals surface area contributed by atoms with E-state index in [1.54, 1.807) is 0 Å². The summed E-state index contributed by atoms with van der Waals surface area (Å²) in [6, 6.07) is 1.09. The van der Waals surface area contributed by atoms with Crippen LogP contribution in [0.25, 0.3) is 0 Å². The zero-order valence-electron chi connectivity index (χ0n) is 19.3. The van der Waals surface area contributed by atoms with Crippen LogP contribution in [0.5, 0.6) is 0 Å². The van der Waals surface area contributed by atoms with Crippen LogP contribution in [0, 0.1) is 0 Å². The first kappa shape index (κ1) is 26.3. The Kier molecular flexibility index (Phi) is 9.08. The number of nitrogens with zero attached hydrogens (tertiary/aromatic N) is 1. The molecule has 6 atom stereocenters. The number of aromatic amines is 1. The Hall–Kier alpha value is -1.33. The number of rotatable bonds is 13. The van der Waals surface area contributed by atoms with Crippen LogP contribution in [-0.2, 0) is 23.3 Å². The van der Waals surface area contributed by atoms with E-state index in [1.807, 2.05) is 0 Å². The lowest BCUT2D eigenvalue weighted by molar-refractivity contribution is -0.130. The van der Waals surface area contributed by atoms with Crippen LogP contribution in [-0.4, -0.2) is 50.9 Å². The van der Waals surface area contributed by atoms with Gasteiger partial charge in [0.05, 0.1) is 11.8 Å². The molecular weight excluding hydrogens is 455 g/mol. The molecule has 2 aliphatic heterocycles. The quantitative estimate of drug-likeness (QED) is 0.280. The van der Waals surface area contributed by atoms with Crippen LogP contribution < -0.4 is 11.2 Å². The normalized spacial score (nSPS) is 27.5. The van der Waals surface area contributed by atoms with E-state index in [2.05, 4.69) is 18.8 Å². The van der Waals surface area contributed by atoms with Crippen molar-refractivity contribution in [1.82, 2.24) is 9.55 Å². The van der Waals surface area contributed by atoms with Gasteiger partial charge >= 0.3 is 13.5 Å². The fourth-order valence-corrected chi connectivity index (χ4v) is 5.28. The molecule has 0 saturated carbocycles. The highest BCUT2D eigenvalue weighted by atomic mass is 31.2. The molecule has 2 aliphatic rings. The zero-order valence-corrected chi connectivity index (χ0v) is 20.2. The number of nitrogens with one attached hydrogen (secondary N) is 1. The molecule has 0 aromatic carbocycles. The van der Waals surface area contributed by atoms with Gasteiger partial charge in [-0.05, 0) is 12.8 Å². The van der Waals surface area contributed by atoms with E-state index in [1.165, 1.54) is 13.5 Å². The molecule has 3 heterocycles. The third kappa shape index (κ3) is 6.22. The average molecular weight is 490 g/mol. The molecule has 188 valence electrons. The molecule has 1 aromatic heterocycles. The molecule has 3 N–H and O–H groups in total. The summed E-state index contributed by atoms with van der Waals surface area (Å²) in [6.45, 7) is 4.23. The van der Waals surface area contributed by atoms with Crippen LogP contribution in [0.3, 0.4) is 0 Å². The molecule has 1 fully saturated rings. The summed E-state index contributed by atoms with van der Waals surface area (Å²) in [6.07, 6.45) is 3.29. The fourth-order valence-electron chi connectivity index (χ4n) is 4.76. The van der Waals surface area contributed by atoms with Crippen molar-refractivity contribution in [3.8, 4) is 0 Å². The van der Waals surface area contributed by atoms with Crippen molar-refractivity contribution < 1.29 is 33.1 Å². The number of hydrogen-bond acceptors (Lipinski definition) is 7. The van der Waals surface area contributed by atoms with Gasteiger partial charge in [0.15, 0.2) is 6.23 Å².